The highest BCUT2D eigenvalue weighted by molar-refractivity contribution is 5.78. The van der Waals surface area contributed by atoms with Crippen LogP contribution in [0, 0.1) is 0 Å². The van der Waals surface area contributed by atoms with Crippen LogP contribution < -0.4 is 10.6 Å². The molecule has 1 aromatic carbocycles. The molecule has 0 unspecified atom stereocenters. The second-order valence-corrected chi connectivity index (χ2v) is 9.21. The van der Waals surface area contributed by atoms with E-state index in [0.717, 1.165) is 45.7 Å². The van der Waals surface area contributed by atoms with Crippen molar-refractivity contribution in [3.8, 4) is 0 Å². The van der Waals surface area contributed by atoms with E-state index >= 15 is 0 Å². The lowest BCUT2D eigenvalue weighted by atomic mass is 10.2. The molecule has 2 fully saturated rings. The van der Waals surface area contributed by atoms with Crippen LogP contribution >= 0.6 is 0 Å². The molecule has 1 aromatic rings. The normalized spacial score (nSPS) is 18.9. The van der Waals surface area contributed by atoms with Gasteiger partial charge < -0.3 is 25.2 Å². The summed E-state index contributed by atoms with van der Waals surface area (Å²) in [6, 6.07) is 10.6. The van der Waals surface area contributed by atoms with E-state index in [1.165, 1.54) is 5.69 Å². The number of aliphatic imine (C=N–C) groups is 1. The summed E-state index contributed by atoms with van der Waals surface area (Å²) < 4.78 is 5.44. The fraction of sp³-hybridized carbons (Fsp3) is 0.652. The van der Waals surface area contributed by atoms with Crippen molar-refractivity contribution in [2.24, 2.45) is 10.7 Å². The van der Waals surface area contributed by atoms with Crippen molar-refractivity contribution in [1.82, 2.24) is 14.7 Å². The van der Waals surface area contributed by atoms with Gasteiger partial charge in [-0.15, -0.1) is 0 Å². The number of anilines is 1. The minimum Gasteiger partial charge on any atom is -0.444 e. The molecule has 2 aliphatic rings. The first kappa shape index (κ1) is 23.2. The zero-order chi connectivity index (χ0) is 22.3. The van der Waals surface area contributed by atoms with Gasteiger partial charge in [0.1, 0.15) is 5.60 Å². The van der Waals surface area contributed by atoms with Gasteiger partial charge in [0.15, 0.2) is 5.96 Å². The Morgan fingerprint density at radius 3 is 2.19 bits per heavy atom. The van der Waals surface area contributed by atoms with Crippen LogP contribution in [0.25, 0.3) is 0 Å². The lowest BCUT2D eigenvalue weighted by molar-refractivity contribution is 0.0186. The number of amides is 1. The van der Waals surface area contributed by atoms with E-state index in [1.807, 2.05) is 20.8 Å². The molecule has 2 N–H and O–H groups in total. The van der Waals surface area contributed by atoms with Gasteiger partial charge in [-0.3, -0.25) is 9.89 Å². The average molecular weight is 431 g/mol. The zero-order valence-electron chi connectivity index (χ0n) is 19.3. The third kappa shape index (κ3) is 7.31. The number of carbonyl (C=O) groups excluding carboxylic acids is 1. The predicted molar refractivity (Wildman–Crippen MR) is 126 cm³/mol. The molecule has 3 rings (SSSR count). The second-order valence-electron chi connectivity index (χ2n) is 9.21. The van der Waals surface area contributed by atoms with Crippen molar-refractivity contribution in [1.29, 1.82) is 0 Å². The van der Waals surface area contributed by atoms with E-state index in [0.29, 0.717) is 32.1 Å². The molecule has 8 heteroatoms. The summed E-state index contributed by atoms with van der Waals surface area (Å²) in [6.07, 6.45) is 0.749. The minimum absolute atomic E-state index is 0.255. The monoisotopic (exact) mass is 430 g/mol. The van der Waals surface area contributed by atoms with E-state index in [2.05, 4.69) is 50.0 Å². The summed E-state index contributed by atoms with van der Waals surface area (Å²) in [6.45, 7) is 14.3. The number of piperazine rings is 2. The summed E-state index contributed by atoms with van der Waals surface area (Å²) in [5, 5.41) is 0. The average Bonchev–Trinajstić information content (AvgIpc) is 2.76. The Bertz CT molecular complexity index is 717. The molecule has 0 radical (unpaired) electrons. The molecule has 0 saturated carbocycles. The third-order valence-corrected chi connectivity index (χ3v) is 5.66. The fourth-order valence-electron chi connectivity index (χ4n) is 3.90. The molecule has 2 aliphatic heterocycles. The summed E-state index contributed by atoms with van der Waals surface area (Å²) in [4.78, 5) is 25.5. The van der Waals surface area contributed by atoms with E-state index in [1.54, 1.807) is 4.90 Å². The van der Waals surface area contributed by atoms with Crippen LogP contribution in [0.2, 0.25) is 0 Å². The Hall–Kier alpha value is -2.48. The second kappa shape index (κ2) is 10.7. The predicted octanol–water partition coefficient (Wildman–Crippen LogP) is 2.07. The molecule has 31 heavy (non-hydrogen) atoms. The summed E-state index contributed by atoms with van der Waals surface area (Å²) >= 11 is 0. The first-order valence-corrected chi connectivity index (χ1v) is 11.4. The van der Waals surface area contributed by atoms with E-state index in [9.17, 15) is 4.79 Å². The van der Waals surface area contributed by atoms with Crippen molar-refractivity contribution in [3.05, 3.63) is 30.3 Å². The highest BCUT2D eigenvalue weighted by Crippen LogP contribution is 2.15. The topological polar surface area (TPSA) is 77.6 Å². The van der Waals surface area contributed by atoms with Crippen LogP contribution in [0.4, 0.5) is 10.5 Å². The Kier molecular flexibility index (Phi) is 8.01. The maximum Gasteiger partial charge on any atom is 0.410 e. The van der Waals surface area contributed by atoms with Gasteiger partial charge in [0, 0.05) is 71.1 Å². The molecule has 0 aromatic heterocycles. The molecule has 0 aliphatic carbocycles. The molecular weight excluding hydrogens is 392 g/mol. The Morgan fingerprint density at radius 1 is 0.968 bits per heavy atom. The van der Waals surface area contributed by atoms with E-state index in [4.69, 9.17) is 10.5 Å². The maximum absolute atomic E-state index is 12.2. The quantitative estimate of drug-likeness (QED) is 0.438. The molecule has 2 saturated heterocycles. The van der Waals surface area contributed by atoms with Gasteiger partial charge in [0.05, 0.1) is 0 Å². The van der Waals surface area contributed by atoms with Gasteiger partial charge >= 0.3 is 6.09 Å². The van der Waals surface area contributed by atoms with E-state index in [-0.39, 0.29) is 6.09 Å². The lowest BCUT2D eigenvalue weighted by Crippen LogP contribution is -2.53. The Balaban J connectivity index is 1.31. The van der Waals surface area contributed by atoms with Crippen LogP contribution in [-0.2, 0) is 4.74 Å². The first-order chi connectivity index (χ1) is 14.8. The number of rotatable bonds is 5. The molecule has 0 bridgehead atoms. The van der Waals surface area contributed by atoms with Crippen molar-refractivity contribution < 1.29 is 9.53 Å². The molecule has 8 nitrogen and oxygen atoms in total. The number of benzene rings is 1. The summed E-state index contributed by atoms with van der Waals surface area (Å²) in [5.41, 5.74) is 7.04. The van der Waals surface area contributed by atoms with Crippen LogP contribution in [0.5, 0.6) is 0 Å². The van der Waals surface area contributed by atoms with Gasteiger partial charge in [-0.2, -0.15) is 0 Å². The largest absolute Gasteiger partial charge is 0.444 e. The number of para-hydroxylation sites is 1. The number of carbonyl (C=O) groups is 1. The van der Waals surface area contributed by atoms with Crippen LogP contribution in [-0.4, -0.2) is 97.8 Å². The Labute approximate surface area is 186 Å². The van der Waals surface area contributed by atoms with Gasteiger partial charge in [-0.1, -0.05) is 18.2 Å². The SMILES string of the molecule is CC(C)(C)OC(=O)N1CCN(C(N)=NCCCN2CCN(c3ccccc3)CC2)CC1. The number of hydrogen-bond acceptors (Lipinski definition) is 5. The lowest BCUT2D eigenvalue weighted by Gasteiger charge is -2.36. The highest BCUT2D eigenvalue weighted by atomic mass is 16.6. The Morgan fingerprint density at radius 2 is 1.58 bits per heavy atom. The van der Waals surface area contributed by atoms with Gasteiger partial charge in [0.2, 0.25) is 0 Å². The van der Waals surface area contributed by atoms with Gasteiger partial charge in [-0.25, -0.2) is 4.79 Å². The number of nitrogens with two attached hydrogens (primary N) is 1. The highest BCUT2D eigenvalue weighted by Gasteiger charge is 2.26. The van der Waals surface area contributed by atoms with Crippen molar-refractivity contribution >= 4 is 17.7 Å². The number of ether oxygens (including phenoxy) is 1. The summed E-state index contributed by atoms with van der Waals surface area (Å²) in [5.74, 6) is 0.581. The fourth-order valence-corrected chi connectivity index (χ4v) is 3.90. The van der Waals surface area contributed by atoms with Crippen LogP contribution in [0.3, 0.4) is 0 Å². The molecule has 0 atom stereocenters. The molecule has 0 spiro atoms. The third-order valence-electron chi connectivity index (χ3n) is 5.66. The molecular formula is C23H38N6O2. The van der Waals surface area contributed by atoms with Crippen molar-refractivity contribution in [3.63, 3.8) is 0 Å². The standard InChI is InChI=1S/C23H38N6O2/c1-23(2,3)31-22(30)29-18-16-28(17-19-29)21(24)25-10-7-11-26-12-14-27(15-13-26)20-8-5-4-6-9-20/h4-6,8-9H,7,10-19H2,1-3H3,(H2,24,25). The smallest absolute Gasteiger partial charge is 0.410 e. The minimum atomic E-state index is -0.469. The molecule has 172 valence electrons. The van der Waals surface area contributed by atoms with Gasteiger partial charge in [-0.05, 0) is 39.3 Å². The van der Waals surface area contributed by atoms with Crippen molar-refractivity contribution in [2.75, 3.05) is 70.3 Å². The van der Waals surface area contributed by atoms with E-state index < -0.39 is 5.60 Å². The van der Waals surface area contributed by atoms with Gasteiger partial charge in [0.25, 0.3) is 0 Å². The number of nitrogens with zero attached hydrogens (tertiary/aromatic N) is 5. The maximum atomic E-state index is 12.2. The first-order valence-electron chi connectivity index (χ1n) is 11.4. The van der Waals surface area contributed by atoms with Crippen LogP contribution in [0.1, 0.15) is 27.2 Å². The van der Waals surface area contributed by atoms with Crippen LogP contribution in [0.15, 0.2) is 35.3 Å². The zero-order valence-corrected chi connectivity index (χ0v) is 19.3. The number of guanidine groups is 1. The molecule has 1 amide bonds. The summed E-state index contributed by atoms with van der Waals surface area (Å²) in [7, 11) is 0. The van der Waals surface area contributed by atoms with Crippen molar-refractivity contribution in [2.45, 2.75) is 32.8 Å². The number of hydrogen-bond donors (Lipinski definition) is 1. The molecule has 2 heterocycles.